The highest BCUT2D eigenvalue weighted by Gasteiger charge is 2.52. The molecule has 5 aromatic rings. The van der Waals surface area contributed by atoms with E-state index < -0.39 is 36.2 Å². The number of aromatic nitrogens is 3. The van der Waals surface area contributed by atoms with Gasteiger partial charge in [-0.25, -0.2) is 14.8 Å². The summed E-state index contributed by atoms with van der Waals surface area (Å²) in [6.45, 7) is 14.1. The van der Waals surface area contributed by atoms with E-state index in [0.717, 1.165) is 12.5 Å². The number of nitrogens with zero attached hydrogens (tertiary/aromatic N) is 5. The van der Waals surface area contributed by atoms with E-state index in [1.54, 1.807) is 35.2 Å². The van der Waals surface area contributed by atoms with Crippen molar-refractivity contribution in [1.82, 2.24) is 30.1 Å². The van der Waals surface area contributed by atoms with Crippen molar-refractivity contribution in [1.29, 1.82) is 0 Å². The van der Waals surface area contributed by atoms with Gasteiger partial charge in [0.15, 0.2) is 0 Å². The van der Waals surface area contributed by atoms with Crippen LogP contribution in [0, 0.1) is 23.2 Å². The van der Waals surface area contributed by atoms with Gasteiger partial charge in [-0.05, 0) is 78.3 Å². The van der Waals surface area contributed by atoms with Crippen molar-refractivity contribution in [3.05, 3.63) is 77.2 Å². The third-order valence-electron chi connectivity index (χ3n) is 12.9. The summed E-state index contributed by atoms with van der Waals surface area (Å²) in [5, 5.41) is 6.63. The molecule has 18 heteroatoms. The second-order valence-corrected chi connectivity index (χ2v) is 18.9. The number of alkyl halides is 3. The lowest BCUT2D eigenvalue weighted by atomic mass is 9.99. The molecule has 2 aromatic heterocycles. The summed E-state index contributed by atoms with van der Waals surface area (Å²) in [6, 6.07) is 13.2. The van der Waals surface area contributed by atoms with Crippen molar-refractivity contribution < 1.29 is 41.8 Å². The fourth-order valence-corrected chi connectivity index (χ4v) is 9.36. The Hall–Kier alpha value is -6.10. The van der Waals surface area contributed by atoms with Crippen LogP contribution in [0.5, 0.6) is 5.75 Å². The number of H-pyrrole nitrogens is 1. The molecule has 2 saturated heterocycles. The van der Waals surface area contributed by atoms with Crippen molar-refractivity contribution in [2.75, 3.05) is 43.5 Å². The van der Waals surface area contributed by atoms with Crippen LogP contribution < -0.4 is 20.3 Å². The smallest absolute Gasteiger partial charge is 0.453 e. The molecule has 1 unspecified atom stereocenters. The lowest BCUT2D eigenvalue weighted by Crippen LogP contribution is -2.54. The minimum absolute atomic E-state index is 0.00799. The summed E-state index contributed by atoms with van der Waals surface area (Å²) in [5.74, 6) is -0.0592. The fourth-order valence-electron chi connectivity index (χ4n) is 9.15. The number of fused-ring (bicyclic) bond motifs is 3. The fraction of sp³-hybridized carbons (Fsp3) is 0.447. The van der Waals surface area contributed by atoms with Crippen LogP contribution in [0.25, 0.3) is 32.9 Å². The van der Waals surface area contributed by atoms with Gasteiger partial charge in [0.2, 0.25) is 11.8 Å². The highest BCUT2D eigenvalue weighted by atomic mass is 35.5. The summed E-state index contributed by atoms with van der Waals surface area (Å²) in [6.07, 6.45) is -2.84. The molecule has 1 aliphatic carbocycles. The molecule has 344 valence electrons. The Kier molecular flexibility index (Phi) is 12.1. The second kappa shape index (κ2) is 17.4. The van der Waals surface area contributed by atoms with Crippen molar-refractivity contribution in [3.8, 4) is 16.9 Å². The van der Waals surface area contributed by atoms with Gasteiger partial charge in [-0.2, -0.15) is 0 Å². The first kappa shape index (κ1) is 45.5. The maximum atomic E-state index is 13.9. The van der Waals surface area contributed by atoms with Crippen molar-refractivity contribution in [2.45, 2.75) is 78.9 Å². The van der Waals surface area contributed by atoms with E-state index in [0.29, 0.717) is 71.6 Å². The maximum Gasteiger partial charge on any atom is 0.573 e. The van der Waals surface area contributed by atoms with Crippen LogP contribution >= 0.6 is 11.6 Å². The first-order valence-corrected chi connectivity index (χ1v) is 22.1. The standard InChI is InChI=1S/C47H52ClF3N8O6/c1-24(2)39(56-45(63)64-7)44(62)59-22-25(3)16-36(59)41-53-34-12-9-27-17-28(8-11-30(27)40(34)55-41)31-18-33(48)35(19-37(31)65-47(49,50)51)54-42(60)29-10-13-38(52-21-29)58-15-14-57(23-26(58)4)43(61)32-20-46(32,5)6/h8-13,17-19,21,24-26,32,36,39H,14-16,20,22-23H2,1-7H3,(H,53,55)(H,54,60)(H,56,63)/t25-,26?,32+,36-,39-/m0/s1. The maximum absolute atomic E-state index is 13.9. The van der Waals surface area contributed by atoms with E-state index in [1.165, 1.54) is 19.4 Å². The second-order valence-electron chi connectivity index (χ2n) is 18.5. The number of aromatic amines is 1. The van der Waals surface area contributed by atoms with Crippen LogP contribution in [0.3, 0.4) is 0 Å². The molecular formula is C47H52ClF3N8O6. The average molecular weight is 917 g/mol. The minimum atomic E-state index is -5.07. The summed E-state index contributed by atoms with van der Waals surface area (Å²) in [4.78, 5) is 71.0. The Morgan fingerprint density at radius 2 is 1.75 bits per heavy atom. The number of rotatable bonds is 10. The van der Waals surface area contributed by atoms with Gasteiger partial charge in [-0.1, -0.05) is 64.4 Å². The molecule has 3 fully saturated rings. The molecule has 4 heterocycles. The number of hydrogen-bond acceptors (Lipinski definition) is 9. The summed E-state index contributed by atoms with van der Waals surface area (Å²) in [7, 11) is 1.24. The molecule has 3 aliphatic rings. The number of ether oxygens (including phenoxy) is 2. The average Bonchev–Trinajstić information content (AvgIpc) is 3.52. The number of methoxy groups -OCH3 is 1. The molecule has 8 rings (SSSR count). The molecule has 14 nitrogen and oxygen atoms in total. The number of imidazole rings is 1. The highest BCUT2D eigenvalue weighted by Crippen LogP contribution is 2.52. The van der Waals surface area contributed by atoms with Gasteiger partial charge in [0, 0.05) is 61.4 Å². The number of halogens is 4. The molecule has 1 saturated carbocycles. The number of pyridine rings is 1. The monoisotopic (exact) mass is 916 g/mol. The quantitative estimate of drug-likeness (QED) is 0.124. The number of nitrogens with one attached hydrogen (secondary N) is 3. The van der Waals surface area contributed by atoms with Crippen molar-refractivity contribution in [3.63, 3.8) is 0 Å². The topological polar surface area (TPSA) is 162 Å². The largest absolute Gasteiger partial charge is 0.573 e. The van der Waals surface area contributed by atoms with E-state index in [-0.39, 0.29) is 62.9 Å². The normalized spacial score (nSPS) is 21.1. The Labute approximate surface area is 379 Å². The molecule has 3 N–H and O–H groups in total. The van der Waals surface area contributed by atoms with E-state index in [2.05, 4.69) is 44.1 Å². The number of benzene rings is 3. The van der Waals surface area contributed by atoms with E-state index in [9.17, 15) is 32.3 Å². The van der Waals surface area contributed by atoms with Gasteiger partial charge in [0.1, 0.15) is 23.4 Å². The molecule has 0 spiro atoms. The summed E-state index contributed by atoms with van der Waals surface area (Å²) >= 11 is 6.67. The van der Waals surface area contributed by atoms with Gasteiger partial charge in [0.05, 0.1) is 40.5 Å². The van der Waals surface area contributed by atoms with Gasteiger partial charge in [-0.15, -0.1) is 13.2 Å². The highest BCUT2D eigenvalue weighted by molar-refractivity contribution is 6.34. The lowest BCUT2D eigenvalue weighted by molar-refractivity contribution is -0.274. The van der Waals surface area contributed by atoms with Crippen LogP contribution in [0.15, 0.2) is 60.8 Å². The number of amides is 4. The molecule has 0 bridgehead atoms. The number of piperazine rings is 1. The molecule has 3 aromatic carbocycles. The Balaban J connectivity index is 1.01. The van der Waals surface area contributed by atoms with Crippen molar-refractivity contribution in [2.24, 2.45) is 23.2 Å². The van der Waals surface area contributed by atoms with Crippen molar-refractivity contribution >= 4 is 68.7 Å². The van der Waals surface area contributed by atoms with Crippen LogP contribution in [0.4, 0.5) is 29.5 Å². The molecule has 65 heavy (non-hydrogen) atoms. The number of carbonyl (C=O) groups excluding carboxylic acids is 4. The Bertz CT molecular complexity index is 2670. The first-order valence-electron chi connectivity index (χ1n) is 21.7. The molecule has 4 amide bonds. The molecule has 5 atom stereocenters. The number of hydrogen-bond donors (Lipinski definition) is 3. The number of anilines is 2. The zero-order chi connectivity index (χ0) is 46.7. The minimum Gasteiger partial charge on any atom is -0.453 e. The zero-order valence-electron chi connectivity index (χ0n) is 37.2. The molecule has 2 aliphatic heterocycles. The third kappa shape index (κ3) is 9.38. The van der Waals surface area contributed by atoms with E-state index in [1.807, 2.05) is 44.7 Å². The SMILES string of the molecule is COC(=O)N[C@H](C(=O)N1C[C@@H](C)C[C@H]1c1nc2c(ccc3cc(-c4cc(Cl)c(NC(=O)c5ccc(N6CCN(C(=O)[C@H]7CC7(C)C)CC6C)nc5)cc4OC(F)(F)F)ccc32)[nH]1)C(C)C. The van der Waals surface area contributed by atoms with Crippen LogP contribution in [0.2, 0.25) is 5.02 Å². The molecule has 0 radical (unpaired) electrons. The van der Waals surface area contributed by atoms with Crippen LogP contribution in [0.1, 0.15) is 76.6 Å². The van der Waals surface area contributed by atoms with Crippen LogP contribution in [-0.2, 0) is 14.3 Å². The summed E-state index contributed by atoms with van der Waals surface area (Å²) < 4.78 is 51.1. The molecular weight excluding hydrogens is 865 g/mol. The van der Waals surface area contributed by atoms with Gasteiger partial charge in [-0.3, -0.25) is 14.4 Å². The van der Waals surface area contributed by atoms with Gasteiger partial charge < -0.3 is 39.8 Å². The first-order chi connectivity index (χ1) is 30.7. The van der Waals surface area contributed by atoms with Crippen LogP contribution in [-0.4, -0.2) is 100 Å². The zero-order valence-corrected chi connectivity index (χ0v) is 37.9. The number of likely N-dealkylation sites (tertiary alicyclic amines) is 1. The predicted molar refractivity (Wildman–Crippen MR) is 241 cm³/mol. The van der Waals surface area contributed by atoms with E-state index in [4.69, 9.17) is 21.3 Å². The Morgan fingerprint density at radius 3 is 2.40 bits per heavy atom. The summed E-state index contributed by atoms with van der Waals surface area (Å²) in [5.41, 5.74) is 1.81. The Morgan fingerprint density at radius 1 is 1.00 bits per heavy atom. The van der Waals surface area contributed by atoms with Gasteiger partial charge in [0.25, 0.3) is 5.91 Å². The number of alkyl carbamates (subject to hydrolysis) is 1. The third-order valence-corrected chi connectivity index (χ3v) is 13.2. The van der Waals surface area contributed by atoms with E-state index >= 15 is 0 Å². The lowest BCUT2D eigenvalue weighted by Gasteiger charge is -2.40. The number of carbonyl (C=O) groups is 4. The predicted octanol–water partition coefficient (Wildman–Crippen LogP) is 8.96. The van der Waals surface area contributed by atoms with Gasteiger partial charge >= 0.3 is 12.5 Å².